The summed E-state index contributed by atoms with van der Waals surface area (Å²) in [6.45, 7) is 2.16. The van der Waals surface area contributed by atoms with Gasteiger partial charge in [-0.15, -0.1) is 32.9 Å². The molecule has 212 valence electrons. The molecule has 1 N–H and O–H groups in total. The summed E-state index contributed by atoms with van der Waals surface area (Å²) in [5.74, 6) is -0.114. The zero-order valence-electron chi connectivity index (χ0n) is 22.4. The van der Waals surface area contributed by atoms with E-state index < -0.39 is 0 Å². The van der Waals surface area contributed by atoms with Crippen molar-refractivity contribution in [2.24, 2.45) is 5.10 Å². The zero-order chi connectivity index (χ0) is 29.1. The molecule has 0 saturated carbocycles. The number of amides is 2. The van der Waals surface area contributed by atoms with Crippen molar-refractivity contribution in [2.75, 3.05) is 5.75 Å². The Hall–Kier alpha value is -4.13. The van der Waals surface area contributed by atoms with Crippen LogP contribution < -0.4 is 5.32 Å². The smallest absolute Gasteiger partial charge is 0.261 e. The monoisotopic (exact) mass is 616 g/mol. The van der Waals surface area contributed by atoms with Gasteiger partial charge >= 0.3 is 0 Å². The molecule has 3 aromatic heterocycles. The van der Waals surface area contributed by atoms with Crippen LogP contribution in [0.3, 0.4) is 0 Å². The molecule has 1 aliphatic rings. The number of benzene rings is 2. The van der Waals surface area contributed by atoms with Crippen LogP contribution in [0, 0.1) is 12.7 Å². The average Bonchev–Trinajstić information content (AvgIpc) is 3.81. The predicted molar refractivity (Wildman–Crippen MR) is 164 cm³/mol. The highest BCUT2D eigenvalue weighted by molar-refractivity contribution is 7.99. The zero-order valence-corrected chi connectivity index (χ0v) is 24.9. The summed E-state index contributed by atoms with van der Waals surface area (Å²) in [7, 11) is 0. The number of rotatable bonds is 9. The van der Waals surface area contributed by atoms with Gasteiger partial charge in [0, 0.05) is 12.1 Å². The van der Waals surface area contributed by atoms with Gasteiger partial charge in [0.25, 0.3) is 11.8 Å². The van der Waals surface area contributed by atoms with Crippen LogP contribution in [0.15, 0.2) is 93.8 Å². The third-order valence-corrected chi connectivity index (χ3v) is 9.36. The van der Waals surface area contributed by atoms with E-state index in [1.165, 1.54) is 40.2 Å². The second kappa shape index (κ2) is 12.4. The molecule has 0 saturated heterocycles. The summed E-state index contributed by atoms with van der Waals surface area (Å²) in [5.41, 5.74) is 3.52. The van der Waals surface area contributed by atoms with Gasteiger partial charge in [0.1, 0.15) is 5.82 Å². The summed E-state index contributed by atoms with van der Waals surface area (Å²) in [6.07, 6.45) is 0.538. The van der Waals surface area contributed by atoms with E-state index in [1.807, 2.05) is 64.7 Å². The van der Waals surface area contributed by atoms with Crippen LogP contribution in [0.5, 0.6) is 0 Å². The van der Waals surface area contributed by atoms with Crippen molar-refractivity contribution in [2.45, 2.75) is 31.1 Å². The van der Waals surface area contributed by atoms with E-state index >= 15 is 0 Å². The summed E-state index contributed by atoms with van der Waals surface area (Å²) < 4.78 is 15.5. The van der Waals surface area contributed by atoms with E-state index in [2.05, 4.69) is 15.5 Å². The van der Waals surface area contributed by atoms with Crippen LogP contribution in [0.25, 0.3) is 5.69 Å². The van der Waals surface area contributed by atoms with Gasteiger partial charge in [0.15, 0.2) is 11.0 Å². The van der Waals surface area contributed by atoms with Crippen molar-refractivity contribution in [1.29, 1.82) is 0 Å². The lowest BCUT2D eigenvalue weighted by atomic mass is 10.0. The Bertz CT molecular complexity index is 1730. The van der Waals surface area contributed by atoms with Gasteiger partial charge in [-0.25, -0.2) is 9.40 Å². The quantitative estimate of drug-likeness (QED) is 0.198. The van der Waals surface area contributed by atoms with Crippen LogP contribution in [0.4, 0.5) is 4.39 Å². The first-order valence-electron chi connectivity index (χ1n) is 13.1. The summed E-state index contributed by atoms with van der Waals surface area (Å²) >= 11 is 4.19. The fourth-order valence-corrected chi connectivity index (χ4v) is 6.84. The topological polar surface area (TPSA) is 92.5 Å². The Morgan fingerprint density at radius 2 is 1.83 bits per heavy atom. The number of carbonyl (C=O) groups is 2. The van der Waals surface area contributed by atoms with Gasteiger partial charge < -0.3 is 5.32 Å². The highest BCUT2D eigenvalue weighted by Gasteiger charge is 2.33. The number of nitrogens with zero attached hydrogens (tertiary/aromatic N) is 5. The third kappa shape index (κ3) is 6.06. The van der Waals surface area contributed by atoms with Crippen molar-refractivity contribution >= 4 is 52.0 Å². The molecule has 0 radical (unpaired) electrons. The number of hydrazone groups is 1. The first-order chi connectivity index (χ1) is 20.5. The molecular formula is C30H25FN6O2S3. The molecule has 5 aromatic rings. The van der Waals surface area contributed by atoms with Crippen LogP contribution in [0.1, 0.15) is 44.0 Å². The van der Waals surface area contributed by atoms with Gasteiger partial charge in [-0.05, 0) is 65.2 Å². The van der Waals surface area contributed by atoms with E-state index in [0.29, 0.717) is 22.3 Å². The maximum absolute atomic E-state index is 13.7. The minimum absolute atomic E-state index is 0.0599. The molecule has 0 unspecified atom stereocenters. The van der Waals surface area contributed by atoms with Gasteiger partial charge in [-0.2, -0.15) is 5.10 Å². The van der Waals surface area contributed by atoms with E-state index in [9.17, 15) is 14.0 Å². The van der Waals surface area contributed by atoms with Gasteiger partial charge in [0.2, 0.25) is 0 Å². The Morgan fingerprint density at radius 3 is 2.57 bits per heavy atom. The summed E-state index contributed by atoms with van der Waals surface area (Å²) in [5, 5.41) is 22.2. The lowest BCUT2D eigenvalue weighted by Crippen LogP contribution is -2.28. The van der Waals surface area contributed by atoms with Crippen molar-refractivity contribution < 1.29 is 14.0 Å². The average molecular weight is 617 g/mol. The number of thiophene rings is 2. The minimum atomic E-state index is -0.339. The van der Waals surface area contributed by atoms with Crippen LogP contribution in [-0.4, -0.2) is 43.1 Å². The fraction of sp³-hybridized carbons (Fsp3) is 0.167. The third-order valence-electron chi connectivity index (χ3n) is 6.66. The molecular weight excluding hydrogens is 592 g/mol. The van der Waals surface area contributed by atoms with Crippen LogP contribution in [-0.2, 0) is 11.3 Å². The van der Waals surface area contributed by atoms with Crippen LogP contribution in [0.2, 0.25) is 0 Å². The normalized spacial score (nSPS) is 14.7. The molecule has 0 fully saturated rings. The van der Waals surface area contributed by atoms with Crippen LogP contribution >= 0.6 is 34.4 Å². The summed E-state index contributed by atoms with van der Waals surface area (Å²) in [4.78, 5) is 27.8. The van der Waals surface area contributed by atoms with Crippen molar-refractivity contribution in [3.8, 4) is 5.69 Å². The Balaban J connectivity index is 1.24. The van der Waals surface area contributed by atoms with Crippen molar-refractivity contribution in [1.82, 2.24) is 25.1 Å². The molecule has 0 bridgehead atoms. The number of thioether (sulfide) groups is 1. The maximum Gasteiger partial charge on any atom is 0.261 e. The molecule has 1 aliphatic heterocycles. The molecule has 12 heteroatoms. The molecule has 6 rings (SSSR count). The molecule has 1 atom stereocenters. The Labute approximate surface area is 253 Å². The molecule has 8 nitrogen and oxygen atoms in total. The molecule has 4 heterocycles. The standard InChI is InChI=1S/C30H25FN6O2S3/c1-19-5-2-6-22(15-19)36-27(17-32-29(39)26-8-4-14-41-26)33-34-30(36)42-18-28(38)37-24(20-9-11-21(31)12-10-20)16-23(35-37)25-7-3-13-40-25/h2-15,24H,16-18H2,1H3,(H,32,39)/t24-/m1/s1. The number of hydrogen-bond donors (Lipinski definition) is 1. The SMILES string of the molecule is Cc1cccc(-n2c(CNC(=O)c3cccs3)nnc2SCC(=O)N2N=C(c3cccs3)C[C@@H]2c2ccc(F)cc2)c1. The van der Waals surface area contributed by atoms with Gasteiger partial charge in [-0.1, -0.05) is 48.2 Å². The van der Waals surface area contributed by atoms with Crippen molar-refractivity contribution in [3.63, 3.8) is 0 Å². The van der Waals surface area contributed by atoms with Crippen molar-refractivity contribution in [3.05, 3.63) is 116 Å². The molecule has 2 amide bonds. The van der Waals surface area contributed by atoms with E-state index in [0.717, 1.165) is 27.4 Å². The minimum Gasteiger partial charge on any atom is -0.344 e. The Kier molecular flexibility index (Phi) is 8.27. The molecule has 0 aliphatic carbocycles. The lowest BCUT2D eigenvalue weighted by Gasteiger charge is -2.22. The highest BCUT2D eigenvalue weighted by Crippen LogP contribution is 2.35. The first kappa shape index (κ1) is 28.0. The number of aromatic nitrogens is 3. The number of aryl methyl sites for hydroxylation is 1. The van der Waals surface area contributed by atoms with Gasteiger partial charge in [-0.3, -0.25) is 14.2 Å². The number of hydrogen-bond acceptors (Lipinski definition) is 8. The van der Waals surface area contributed by atoms with E-state index in [-0.39, 0.29) is 36.0 Å². The second-order valence-corrected chi connectivity index (χ2v) is 12.4. The number of carbonyl (C=O) groups excluding carboxylic acids is 2. The second-order valence-electron chi connectivity index (χ2n) is 9.56. The van der Waals surface area contributed by atoms with E-state index in [4.69, 9.17) is 5.10 Å². The number of nitrogens with one attached hydrogen (secondary N) is 1. The van der Waals surface area contributed by atoms with Gasteiger partial charge in [0.05, 0.1) is 33.8 Å². The summed E-state index contributed by atoms with van der Waals surface area (Å²) in [6, 6.07) is 21.3. The fourth-order valence-electron chi connectivity index (χ4n) is 4.66. The predicted octanol–water partition coefficient (Wildman–Crippen LogP) is 6.24. The Morgan fingerprint density at radius 1 is 1.02 bits per heavy atom. The lowest BCUT2D eigenvalue weighted by molar-refractivity contribution is -0.130. The molecule has 42 heavy (non-hydrogen) atoms. The molecule has 0 spiro atoms. The maximum atomic E-state index is 13.7. The van der Waals surface area contributed by atoms with E-state index in [1.54, 1.807) is 29.5 Å². The highest BCUT2D eigenvalue weighted by atomic mass is 32.2. The first-order valence-corrected chi connectivity index (χ1v) is 15.9. The number of halogens is 1. The largest absolute Gasteiger partial charge is 0.344 e. The molecule has 2 aromatic carbocycles.